The first-order valence-corrected chi connectivity index (χ1v) is 7.47. The van der Waals surface area contributed by atoms with Gasteiger partial charge in [0, 0.05) is 42.4 Å². The summed E-state index contributed by atoms with van der Waals surface area (Å²) in [6.07, 6.45) is 7.76. The fraction of sp³-hybridized carbons (Fsp3) is 0.353. The average molecular weight is 283 g/mol. The van der Waals surface area contributed by atoms with Crippen LogP contribution in [0.4, 0.5) is 0 Å². The van der Waals surface area contributed by atoms with Crippen LogP contribution in [-0.4, -0.2) is 16.6 Å². The predicted octanol–water partition coefficient (Wildman–Crippen LogP) is 3.54. The van der Waals surface area contributed by atoms with Crippen LogP contribution in [0.3, 0.4) is 0 Å². The normalized spacial score (nSPS) is 12.9. The lowest BCUT2D eigenvalue weighted by Crippen LogP contribution is -2.20. The lowest BCUT2D eigenvalue weighted by Gasteiger charge is -2.16. The zero-order valence-electron chi connectivity index (χ0n) is 12.5. The monoisotopic (exact) mass is 283 g/mol. The topological polar surface area (TPSA) is 43.0 Å². The van der Waals surface area contributed by atoms with Crippen LogP contribution in [0.15, 0.2) is 47.3 Å². The van der Waals surface area contributed by atoms with Crippen molar-refractivity contribution in [2.24, 2.45) is 0 Å². The molecular formula is C17H21N3O. The third kappa shape index (κ3) is 2.72. The van der Waals surface area contributed by atoms with E-state index in [0.29, 0.717) is 0 Å². The van der Waals surface area contributed by atoms with Gasteiger partial charge in [0.25, 0.3) is 0 Å². The second kappa shape index (κ2) is 6.14. The van der Waals surface area contributed by atoms with Crippen molar-refractivity contribution in [2.45, 2.75) is 32.4 Å². The van der Waals surface area contributed by atoms with E-state index in [4.69, 9.17) is 4.42 Å². The van der Waals surface area contributed by atoms with Gasteiger partial charge in [-0.05, 0) is 19.5 Å². The SMILES string of the molecule is CCCn1ccnc1CC(NC)c1coc2ccccc12. The summed E-state index contributed by atoms with van der Waals surface area (Å²) in [5.41, 5.74) is 2.13. The van der Waals surface area contributed by atoms with Gasteiger partial charge in [-0.15, -0.1) is 0 Å². The summed E-state index contributed by atoms with van der Waals surface area (Å²) >= 11 is 0. The smallest absolute Gasteiger partial charge is 0.134 e. The molecule has 21 heavy (non-hydrogen) atoms. The molecule has 3 rings (SSSR count). The van der Waals surface area contributed by atoms with Crippen LogP contribution >= 0.6 is 0 Å². The fourth-order valence-corrected chi connectivity index (χ4v) is 2.79. The lowest BCUT2D eigenvalue weighted by molar-refractivity contribution is 0.532. The minimum atomic E-state index is 0.201. The second-order valence-electron chi connectivity index (χ2n) is 5.27. The number of aryl methyl sites for hydroxylation is 1. The Balaban J connectivity index is 1.90. The van der Waals surface area contributed by atoms with E-state index in [1.54, 1.807) is 0 Å². The van der Waals surface area contributed by atoms with Crippen LogP contribution < -0.4 is 5.32 Å². The highest BCUT2D eigenvalue weighted by Gasteiger charge is 2.18. The maximum absolute atomic E-state index is 5.66. The second-order valence-corrected chi connectivity index (χ2v) is 5.27. The van der Waals surface area contributed by atoms with Crippen LogP contribution in [0, 0.1) is 0 Å². The number of rotatable bonds is 6. The molecule has 0 aliphatic carbocycles. The van der Waals surface area contributed by atoms with Crippen molar-refractivity contribution in [3.05, 3.63) is 54.3 Å². The van der Waals surface area contributed by atoms with Gasteiger partial charge in [0.05, 0.1) is 6.26 Å². The number of nitrogens with one attached hydrogen (secondary N) is 1. The summed E-state index contributed by atoms with van der Waals surface area (Å²) < 4.78 is 7.89. The van der Waals surface area contributed by atoms with Gasteiger partial charge >= 0.3 is 0 Å². The highest BCUT2D eigenvalue weighted by atomic mass is 16.3. The Morgan fingerprint density at radius 2 is 2.19 bits per heavy atom. The molecule has 4 heteroatoms. The summed E-state index contributed by atoms with van der Waals surface area (Å²) in [4.78, 5) is 4.50. The Labute approximate surface area is 124 Å². The molecule has 0 aliphatic heterocycles. The van der Waals surface area contributed by atoms with Gasteiger partial charge in [0.15, 0.2) is 0 Å². The Hall–Kier alpha value is -2.07. The molecule has 1 aromatic carbocycles. The number of hydrogen-bond donors (Lipinski definition) is 1. The largest absolute Gasteiger partial charge is 0.464 e. The van der Waals surface area contributed by atoms with Crippen molar-refractivity contribution in [1.29, 1.82) is 0 Å². The number of imidazole rings is 1. The minimum absolute atomic E-state index is 0.201. The van der Waals surface area contributed by atoms with E-state index in [1.807, 2.05) is 37.7 Å². The number of likely N-dealkylation sites (N-methyl/N-ethyl adjacent to an activating group) is 1. The summed E-state index contributed by atoms with van der Waals surface area (Å²) in [7, 11) is 1.99. The number of benzene rings is 1. The molecule has 2 aromatic heterocycles. The van der Waals surface area contributed by atoms with Crippen molar-refractivity contribution in [3.63, 3.8) is 0 Å². The molecule has 0 spiro atoms. The third-order valence-corrected chi connectivity index (χ3v) is 3.89. The van der Waals surface area contributed by atoms with Crippen LogP contribution in [0.5, 0.6) is 0 Å². The van der Waals surface area contributed by atoms with Crippen molar-refractivity contribution >= 4 is 11.0 Å². The van der Waals surface area contributed by atoms with E-state index < -0.39 is 0 Å². The molecule has 0 radical (unpaired) electrons. The number of aromatic nitrogens is 2. The van der Waals surface area contributed by atoms with E-state index >= 15 is 0 Å². The fourth-order valence-electron chi connectivity index (χ4n) is 2.79. The van der Waals surface area contributed by atoms with Gasteiger partial charge in [-0.2, -0.15) is 0 Å². The molecule has 0 saturated carbocycles. The van der Waals surface area contributed by atoms with Crippen molar-refractivity contribution in [1.82, 2.24) is 14.9 Å². The lowest BCUT2D eigenvalue weighted by atomic mass is 10.0. The average Bonchev–Trinajstić information content (AvgIpc) is 3.12. The first kappa shape index (κ1) is 13.9. The highest BCUT2D eigenvalue weighted by Crippen LogP contribution is 2.28. The first-order valence-electron chi connectivity index (χ1n) is 7.47. The number of furan rings is 1. The highest BCUT2D eigenvalue weighted by molar-refractivity contribution is 5.81. The molecule has 0 aliphatic rings. The van der Waals surface area contributed by atoms with Crippen molar-refractivity contribution in [3.8, 4) is 0 Å². The minimum Gasteiger partial charge on any atom is -0.464 e. The van der Waals surface area contributed by atoms with Gasteiger partial charge in [-0.25, -0.2) is 4.98 Å². The van der Waals surface area contributed by atoms with E-state index in [-0.39, 0.29) is 6.04 Å². The summed E-state index contributed by atoms with van der Waals surface area (Å²) in [5.74, 6) is 1.11. The molecular weight excluding hydrogens is 262 g/mol. The zero-order valence-corrected chi connectivity index (χ0v) is 12.5. The summed E-state index contributed by atoms with van der Waals surface area (Å²) in [6, 6.07) is 8.36. The van der Waals surface area contributed by atoms with Crippen molar-refractivity contribution < 1.29 is 4.42 Å². The first-order chi connectivity index (χ1) is 10.3. The van der Waals surface area contributed by atoms with E-state index in [0.717, 1.165) is 30.8 Å². The Bertz CT molecular complexity index is 713. The van der Waals surface area contributed by atoms with Gasteiger partial charge in [0.1, 0.15) is 11.4 Å². The Morgan fingerprint density at radius 1 is 1.33 bits per heavy atom. The molecule has 0 bridgehead atoms. The van der Waals surface area contributed by atoms with Crippen LogP contribution in [-0.2, 0) is 13.0 Å². The van der Waals surface area contributed by atoms with Gasteiger partial charge in [0.2, 0.25) is 0 Å². The maximum Gasteiger partial charge on any atom is 0.134 e. The maximum atomic E-state index is 5.66. The Morgan fingerprint density at radius 3 is 3.00 bits per heavy atom. The third-order valence-electron chi connectivity index (χ3n) is 3.89. The number of para-hydroxylation sites is 1. The van der Waals surface area contributed by atoms with Gasteiger partial charge in [-0.1, -0.05) is 25.1 Å². The molecule has 0 fully saturated rings. The molecule has 4 nitrogen and oxygen atoms in total. The quantitative estimate of drug-likeness (QED) is 0.752. The molecule has 0 saturated heterocycles. The van der Waals surface area contributed by atoms with Crippen LogP contribution in [0.2, 0.25) is 0 Å². The van der Waals surface area contributed by atoms with Gasteiger partial charge in [-0.3, -0.25) is 0 Å². The zero-order chi connectivity index (χ0) is 14.7. The van der Waals surface area contributed by atoms with E-state index in [1.165, 1.54) is 10.9 Å². The molecule has 110 valence electrons. The van der Waals surface area contributed by atoms with E-state index in [9.17, 15) is 0 Å². The Kier molecular flexibility index (Phi) is 4.06. The summed E-state index contributed by atoms with van der Waals surface area (Å²) in [5, 5.41) is 4.56. The number of nitrogens with zero attached hydrogens (tertiary/aromatic N) is 2. The number of hydrogen-bond acceptors (Lipinski definition) is 3. The molecule has 2 heterocycles. The van der Waals surface area contributed by atoms with Gasteiger partial charge < -0.3 is 14.3 Å². The van der Waals surface area contributed by atoms with Crippen LogP contribution in [0.1, 0.15) is 30.8 Å². The van der Waals surface area contributed by atoms with Crippen molar-refractivity contribution in [2.75, 3.05) is 7.05 Å². The standard InChI is InChI=1S/C17H21N3O/c1-3-9-20-10-8-19-17(20)11-15(18-2)14-12-21-16-7-5-4-6-13(14)16/h4-8,10,12,15,18H,3,9,11H2,1-2H3. The molecule has 1 N–H and O–H groups in total. The molecule has 1 atom stereocenters. The number of fused-ring (bicyclic) bond motifs is 1. The van der Waals surface area contributed by atoms with E-state index in [2.05, 4.69) is 34.1 Å². The molecule has 0 amide bonds. The predicted molar refractivity (Wildman–Crippen MR) is 84.2 cm³/mol. The molecule has 3 aromatic rings. The van der Waals surface area contributed by atoms with Crippen LogP contribution in [0.25, 0.3) is 11.0 Å². The summed E-state index contributed by atoms with van der Waals surface area (Å²) in [6.45, 7) is 3.20. The molecule has 1 unspecified atom stereocenters.